The molecule has 0 atom stereocenters. The predicted molar refractivity (Wildman–Crippen MR) is 56.9 cm³/mol. The number of rotatable bonds is 0. The van der Waals surface area contributed by atoms with Crippen LogP contribution in [0.3, 0.4) is 0 Å². The molecule has 0 aliphatic rings. The fourth-order valence-electron chi connectivity index (χ4n) is 1.12. The Hall–Kier alpha value is -1.04. The first-order valence-electron chi connectivity index (χ1n) is 3.59. The second-order valence-corrected chi connectivity index (χ2v) is 3.84. The van der Waals surface area contributed by atoms with Gasteiger partial charge in [-0.05, 0) is 40.8 Å². The van der Waals surface area contributed by atoms with Crippen molar-refractivity contribution in [1.82, 2.24) is 0 Å². The van der Waals surface area contributed by atoms with Gasteiger partial charge in [0.15, 0.2) is 0 Å². The molecule has 0 aliphatic carbocycles. The van der Waals surface area contributed by atoms with E-state index in [9.17, 15) is 9.90 Å². The summed E-state index contributed by atoms with van der Waals surface area (Å²) in [5.74, 6) is -0.0392. The summed E-state index contributed by atoms with van der Waals surface area (Å²) in [6.07, 6.45) is 0. The van der Waals surface area contributed by atoms with Gasteiger partial charge in [-0.2, -0.15) is 0 Å². The van der Waals surface area contributed by atoms with Gasteiger partial charge in [0.25, 0.3) is 0 Å². The largest absolute Gasteiger partial charge is 0.507 e. The zero-order chi connectivity index (χ0) is 9.42. The summed E-state index contributed by atoms with van der Waals surface area (Å²) in [6.45, 7) is 0. The van der Waals surface area contributed by atoms with Gasteiger partial charge in [-0.1, -0.05) is 0 Å². The lowest BCUT2D eigenvalue weighted by Crippen LogP contribution is -1.95. The van der Waals surface area contributed by atoms with Gasteiger partial charge in [-0.25, -0.2) is 4.79 Å². The summed E-state index contributed by atoms with van der Waals surface area (Å²) < 4.78 is 5.86. The lowest BCUT2D eigenvalue weighted by atomic mass is 10.2. The molecule has 0 radical (unpaired) electrons. The lowest BCUT2D eigenvalue weighted by Gasteiger charge is -1.98. The molecule has 13 heavy (non-hydrogen) atoms. The fraction of sp³-hybridized carbons (Fsp3) is 0. The van der Waals surface area contributed by atoms with Gasteiger partial charge in [-0.15, -0.1) is 0 Å². The molecule has 0 amide bonds. The SMILES string of the molecule is O=c1cc(O)c2ccc(I)cc2o1. The van der Waals surface area contributed by atoms with Crippen molar-refractivity contribution in [2.24, 2.45) is 0 Å². The van der Waals surface area contributed by atoms with Crippen molar-refractivity contribution in [2.45, 2.75) is 0 Å². The van der Waals surface area contributed by atoms with Gasteiger partial charge in [0.1, 0.15) is 11.3 Å². The minimum atomic E-state index is -0.535. The highest BCUT2D eigenvalue weighted by Crippen LogP contribution is 2.23. The van der Waals surface area contributed by atoms with Gasteiger partial charge in [-0.3, -0.25) is 0 Å². The average molecular weight is 288 g/mol. The molecular weight excluding hydrogens is 283 g/mol. The summed E-state index contributed by atoms with van der Waals surface area (Å²) in [7, 11) is 0. The van der Waals surface area contributed by atoms with Crippen molar-refractivity contribution >= 4 is 33.6 Å². The molecule has 1 aromatic carbocycles. The normalized spacial score (nSPS) is 10.5. The molecule has 2 aromatic rings. The third kappa shape index (κ3) is 1.53. The Kier molecular flexibility index (Phi) is 1.99. The molecule has 0 fully saturated rings. The highest BCUT2D eigenvalue weighted by Gasteiger charge is 2.03. The second-order valence-electron chi connectivity index (χ2n) is 2.59. The van der Waals surface area contributed by atoms with Gasteiger partial charge in [0.2, 0.25) is 0 Å². The van der Waals surface area contributed by atoms with Gasteiger partial charge >= 0.3 is 5.63 Å². The Bertz CT molecular complexity index is 516. The summed E-state index contributed by atoms with van der Waals surface area (Å²) in [5, 5.41) is 9.94. The number of aromatic hydroxyl groups is 1. The van der Waals surface area contributed by atoms with E-state index >= 15 is 0 Å². The molecule has 1 heterocycles. The van der Waals surface area contributed by atoms with Crippen molar-refractivity contribution in [3.63, 3.8) is 0 Å². The van der Waals surface area contributed by atoms with Crippen LogP contribution in [0.4, 0.5) is 0 Å². The minimum Gasteiger partial charge on any atom is -0.507 e. The molecule has 3 nitrogen and oxygen atoms in total. The first-order chi connectivity index (χ1) is 6.16. The zero-order valence-corrected chi connectivity index (χ0v) is 8.61. The van der Waals surface area contributed by atoms with Crippen LogP contribution in [0, 0.1) is 3.57 Å². The van der Waals surface area contributed by atoms with Crippen LogP contribution in [0.25, 0.3) is 11.0 Å². The highest BCUT2D eigenvalue weighted by atomic mass is 127. The molecule has 0 saturated carbocycles. The van der Waals surface area contributed by atoms with E-state index in [4.69, 9.17) is 4.42 Å². The summed E-state index contributed by atoms with van der Waals surface area (Å²) in [4.78, 5) is 10.9. The Morgan fingerprint density at radius 1 is 1.31 bits per heavy atom. The van der Waals surface area contributed by atoms with Gasteiger partial charge in [0, 0.05) is 3.57 Å². The van der Waals surface area contributed by atoms with Crippen molar-refractivity contribution in [2.75, 3.05) is 0 Å². The predicted octanol–water partition coefficient (Wildman–Crippen LogP) is 2.10. The van der Waals surface area contributed by atoms with Crippen LogP contribution in [-0.2, 0) is 0 Å². The molecule has 0 aliphatic heterocycles. The summed E-state index contributed by atoms with van der Waals surface area (Å²) >= 11 is 2.11. The van der Waals surface area contributed by atoms with Crippen molar-refractivity contribution in [1.29, 1.82) is 0 Å². The maximum Gasteiger partial charge on any atom is 0.339 e. The zero-order valence-electron chi connectivity index (χ0n) is 6.45. The van der Waals surface area contributed by atoms with E-state index in [1.807, 2.05) is 6.07 Å². The lowest BCUT2D eigenvalue weighted by molar-refractivity contribution is 0.468. The first-order valence-corrected chi connectivity index (χ1v) is 4.67. The number of benzene rings is 1. The van der Waals surface area contributed by atoms with E-state index in [-0.39, 0.29) is 5.75 Å². The minimum absolute atomic E-state index is 0.0392. The number of hydrogen-bond acceptors (Lipinski definition) is 3. The van der Waals surface area contributed by atoms with E-state index < -0.39 is 5.63 Å². The maximum absolute atomic E-state index is 10.9. The molecule has 0 spiro atoms. The molecule has 66 valence electrons. The molecule has 4 heteroatoms. The molecule has 2 rings (SSSR count). The smallest absolute Gasteiger partial charge is 0.339 e. The molecule has 0 saturated heterocycles. The Morgan fingerprint density at radius 3 is 2.85 bits per heavy atom. The average Bonchev–Trinajstić information content (AvgIpc) is 2.02. The van der Waals surface area contributed by atoms with Crippen LogP contribution >= 0.6 is 22.6 Å². The second kappa shape index (κ2) is 3.02. The molecular formula is C9H5IO3. The highest BCUT2D eigenvalue weighted by molar-refractivity contribution is 14.1. The Labute approximate surface area is 87.1 Å². The monoisotopic (exact) mass is 288 g/mol. The third-order valence-corrected chi connectivity index (χ3v) is 2.36. The van der Waals surface area contributed by atoms with Crippen LogP contribution < -0.4 is 5.63 Å². The van der Waals surface area contributed by atoms with Gasteiger partial charge < -0.3 is 9.52 Å². The van der Waals surface area contributed by atoms with Crippen molar-refractivity contribution in [3.05, 3.63) is 38.3 Å². The quantitative estimate of drug-likeness (QED) is 0.596. The Morgan fingerprint density at radius 2 is 2.08 bits per heavy atom. The van der Waals surface area contributed by atoms with Crippen molar-refractivity contribution < 1.29 is 9.52 Å². The van der Waals surface area contributed by atoms with E-state index in [0.29, 0.717) is 11.0 Å². The van der Waals surface area contributed by atoms with E-state index in [1.165, 1.54) is 0 Å². The fourth-order valence-corrected chi connectivity index (χ4v) is 1.58. The number of fused-ring (bicyclic) bond motifs is 1. The van der Waals surface area contributed by atoms with E-state index in [0.717, 1.165) is 9.64 Å². The summed E-state index contributed by atoms with van der Waals surface area (Å²) in [5.41, 5.74) is -0.121. The van der Waals surface area contributed by atoms with Crippen LogP contribution in [0.1, 0.15) is 0 Å². The van der Waals surface area contributed by atoms with Crippen LogP contribution in [-0.4, -0.2) is 5.11 Å². The van der Waals surface area contributed by atoms with Crippen molar-refractivity contribution in [3.8, 4) is 5.75 Å². The summed E-state index contributed by atoms with van der Waals surface area (Å²) in [6, 6.07) is 6.32. The first kappa shape index (κ1) is 8.55. The molecule has 0 bridgehead atoms. The van der Waals surface area contributed by atoms with E-state index in [2.05, 4.69) is 22.6 Å². The third-order valence-electron chi connectivity index (χ3n) is 1.68. The maximum atomic E-state index is 10.9. The van der Waals surface area contributed by atoms with E-state index in [1.54, 1.807) is 12.1 Å². The molecule has 0 unspecified atom stereocenters. The number of halogens is 1. The molecule has 1 aromatic heterocycles. The van der Waals surface area contributed by atoms with Crippen LogP contribution in [0.2, 0.25) is 0 Å². The van der Waals surface area contributed by atoms with Crippen LogP contribution in [0.5, 0.6) is 5.75 Å². The Balaban J connectivity index is 2.94. The van der Waals surface area contributed by atoms with Gasteiger partial charge in [0.05, 0.1) is 11.5 Å². The number of hydrogen-bond donors (Lipinski definition) is 1. The topological polar surface area (TPSA) is 50.4 Å². The standard InChI is InChI=1S/C9H5IO3/c10-5-1-2-6-7(11)4-9(12)13-8(6)3-5/h1-4,11H. The van der Waals surface area contributed by atoms with Crippen LogP contribution in [0.15, 0.2) is 33.5 Å². The molecule has 1 N–H and O–H groups in total.